The predicted molar refractivity (Wildman–Crippen MR) is 188 cm³/mol. The minimum absolute atomic E-state index is 0.0196. The summed E-state index contributed by atoms with van der Waals surface area (Å²) in [4.78, 5) is 0.308. The molecule has 3 aliphatic rings. The maximum Gasteiger partial charge on any atom is 0.243 e. The summed E-state index contributed by atoms with van der Waals surface area (Å²) in [5, 5.41) is 23.6. The quantitative estimate of drug-likeness (QED) is 0.181. The van der Waals surface area contributed by atoms with Crippen LogP contribution in [0.15, 0.2) is 76.5 Å². The molecule has 2 aliphatic heterocycles. The number of hydrogen-bond acceptors (Lipinski definition) is 11. The first-order valence-electron chi connectivity index (χ1n) is 17.1. The molecule has 3 aromatic carbocycles. The number of aliphatic hydroxyl groups is 2. The highest BCUT2D eigenvalue weighted by atomic mass is 32.2. The first-order chi connectivity index (χ1) is 23.9. The molecule has 0 amide bonds. The van der Waals surface area contributed by atoms with Gasteiger partial charge in [-0.3, -0.25) is 0 Å². The van der Waals surface area contributed by atoms with Crippen molar-refractivity contribution in [2.24, 2.45) is 5.73 Å². The Labute approximate surface area is 294 Å². The van der Waals surface area contributed by atoms with Crippen molar-refractivity contribution in [1.82, 2.24) is 9.62 Å². The summed E-state index contributed by atoms with van der Waals surface area (Å²) in [5.41, 5.74) is 7.85. The maximum atomic E-state index is 13.8. The highest BCUT2D eigenvalue weighted by molar-refractivity contribution is 7.93. The van der Waals surface area contributed by atoms with E-state index in [1.54, 1.807) is 30.3 Å². The zero-order chi connectivity index (χ0) is 35.6. The van der Waals surface area contributed by atoms with Crippen molar-refractivity contribution in [2.45, 2.75) is 77.9 Å². The van der Waals surface area contributed by atoms with E-state index in [0.717, 1.165) is 11.1 Å². The first kappa shape index (κ1) is 36.7. The molecule has 272 valence electrons. The third kappa shape index (κ3) is 7.58. The number of rotatable bonds is 15. The average molecular weight is 730 g/mol. The van der Waals surface area contributed by atoms with Crippen LogP contribution in [0.3, 0.4) is 0 Å². The van der Waals surface area contributed by atoms with Crippen LogP contribution in [0.25, 0.3) is 11.1 Å². The summed E-state index contributed by atoms with van der Waals surface area (Å²) < 4.78 is 71.7. The van der Waals surface area contributed by atoms with Gasteiger partial charge in [0, 0.05) is 37.8 Å². The Kier molecular flexibility index (Phi) is 10.9. The van der Waals surface area contributed by atoms with Crippen LogP contribution < -0.4 is 20.5 Å². The van der Waals surface area contributed by atoms with E-state index in [1.165, 1.54) is 16.4 Å². The normalized spacial score (nSPS) is 20.8. The van der Waals surface area contributed by atoms with Gasteiger partial charge in [-0.2, -0.15) is 4.31 Å². The van der Waals surface area contributed by atoms with E-state index in [-0.39, 0.29) is 29.0 Å². The number of nitrogens with one attached hydrogen (secondary N) is 1. The third-order valence-electron chi connectivity index (χ3n) is 10.1. The van der Waals surface area contributed by atoms with Crippen molar-refractivity contribution in [3.8, 4) is 22.6 Å². The zero-order valence-corrected chi connectivity index (χ0v) is 29.9. The molecule has 1 saturated carbocycles. The average Bonchev–Trinajstić information content (AvgIpc) is 3.86. The molecule has 0 radical (unpaired) electrons. The van der Waals surface area contributed by atoms with Gasteiger partial charge >= 0.3 is 0 Å². The molecule has 0 bridgehead atoms. The molecule has 2 saturated heterocycles. The van der Waals surface area contributed by atoms with Gasteiger partial charge in [0.25, 0.3) is 0 Å². The van der Waals surface area contributed by atoms with Gasteiger partial charge in [0.1, 0.15) is 24.2 Å². The van der Waals surface area contributed by atoms with Crippen molar-refractivity contribution in [3.63, 3.8) is 0 Å². The number of hydrogen-bond donors (Lipinski definition) is 4. The van der Waals surface area contributed by atoms with Crippen LogP contribution in [0.1, 0.15) is 44.6 Å². The molecular weight excluding hydrogens is 683 g/mol. The number of ether oxygens (including phenoxy) is 3. The topological polar surface area (TPSA) is 178 Å². The summed E-state index contributed by atoms with van der Waals surface area (Å²) in [6.07, 6.45) is 1.80. The second-order valence-corrected chi connectivity index (χ2v) is 17.8. The Morgan fingerprint density at radius 1 is 0.980 bits per heavy atom. The smallest absolute Gasteiger partial charge is 0.243 e. The van der Waals surface area contributed by atoms with E-state index in [2.05, 4.69) is 5.32 Å². The Morgan fingerprint density at radius 2 is 1.72 bits per heavy atom. The minimum Gasteiger partial charge on any atom is -0.493 e. The molecule has 1 spiro atoms. The Bertz CT molecular complexity index is 1860. The number of nitrogens with two attached hydrogens (primary N) is 1. The lowest BCUT2D eigenvalue weighted by molar-refractivity contribution is -0.0312. The number of sulfone groups is 1. The molecule has 3 fully saturated rings. The minimum atomic E-state index is -3.77. The lowest BCUT2D eigenvalue weighted by Crippen LogP contribution is -2.47. The van der Waals surface area contributed by atoms with Crippen LogP contribution in [-0.4, -0.2) is 99.9 Å². The lowest BCUT2D eigenvalue weighted by Gasteiger charge is -2.38. The van der Waals surface area contributed by atoms with Gasteiger partial charge in [0.2, 0.25) is 10.0 Å². The molecule has 12 nitrogen and oxygen atoms in total. The van der Waals surface area contributed by atoms with Crippen molar-refractivity contribution in [2.75, 3.05) is 46.1 Å². The van der Waals surface area contributed by atoms with Crippen molar-refractivity contribution < 1.29 is 41.3 Å². The van der Waals surface area contributed by atoms with E-state index >= 15 is 0 Å². The van der Waals surface area contributed by atoms with E-state index in [9.17, 15) is 27.0 Å². The first-order valence-corrected chi connectivity index (χ1v) is 20.1. The molecule has 0 aromatic heterocycles. The fraction of sp³-hybridized carbons (Fsp3) is 0.500. The predicted octanol–water partition coefficient (Wildman–Crippen LogP) is 2.85. The molecule has 50 heavy (non-hydrogen) atoms. The fourth-order valence-electron chi connectivity index (χ4n) is 6.79. The van der Waals surface area contributed by atoms with Gasteiger partial charge in [0.05, 0.1) is 40.0 Å². The van der Waals surface area contributed by atoms with Gasteiger partial charge in [-0.1, -0.05) is 30.3 Å². The second-order valence-electron chi connectivity index (χ2n) is 13.5. The molecule has 1 aliphatic carbocycles. The van der Waals surface area contributed by atoms with Crippen molar-refractivity contribution in [1.29, 1.82) is 0 Å². The number of sulfonamides is 1. The van der Waals surface area contributed by atoms with Gasteiger partial charge in [0.15, 0.2) is 9.84 Å². The molecule has 5 N–H and O–H groups in total. The lowest BCUT2D eigenvalue weighted by atomic mass is 9.88. The summed E-state index contributed by atoms with van der Waals surface area (Å²) >= 11 is 0. The van der Waals surface area contributed by atoms with Gasteiger partial charge in [-0.15, -0.1) is 0 Å². The number of aliphatic hydroxyl groups excluding tert-OH is 2. The number of nitrogens with zero attached hydrogens (tertiary/aromatic N) is 1. The van der Waals surface area contributed by atoms with Crippen molar-refractivity contribution >= 4 is 19.9 Å². The van der Waals surface area contributed by atoms with E-state index in [0.29, 0.717) is 82.0 Å². The molecule has 6 rings (SSSR count). The fourth-order valence-corrected chi connectivity index (χ4v) is 10.1. The summed E-state index contributed by atoms with van der Waals surface area (Å²) in [5.74, 6) is 0.940. The monoisotopic (exact) mass is 729 g/mol. The van der Waals surface area contributed by atoms with Crippen LogP contribution in [-0.2, 0) is 31.1 Å². The highest BCUT2D eigenvalue weighted by Crippen LogP contribution is 2.46. The van der Waals surface area contributed by atoms with Crippen molar-refractivity contribution in [3.05, 3.63) is 72.3 Å². The Balaban J connectivity index is 1.00. The number of piperidine rings is 1. The van der Waals surface area contributed by atoms with Crippen LogP contribution in [0, 0.1) is 0 Å². The van der Waals surface area contributed by atoms with Gasteiger partial charge in [-0.25, -0.2) is 16.8 Å². The molecule has 3 aromatic rings. The van der Waals surface area contributed by atoms with E-state index in [4.69, 9.17) is 19.9 Å². The largest absolute Gasteiger partial charge is 0.493 e. The highest BCUT2D eigenvalue weighted by Gasteiger charge is 2.54. The molecule has 14 heteroatoms. The number of benzene rings is 3. The van der Waals surface area contributed by atoms with Crippen LogP contribution in [0.4, 0.5) is 0 Å². The standard InChI is InChI=1S/C36H47N3O9S2/c1-2-46-34-11-10-32(19-33(34)27-8-6-26(21-37)7-9-27)50(44,45)39-16-14-35(15-17-39)20-28(23-48-35)38-22-29(41)24-47-30-4-3-5-31(18-30)49(42,43)36(25-40)12-13-36/h3-11,18-19,28-29,38,40-41H,2,12-17,20-25,37H2,1H3. The molecule has 2 unspecified atom stereocenters. The van der Waals surface area contributed by atoms with Crippen LogP contribution in [0.2, 0.25) is 0 Å². The molecular formula is C36H47N3O9S2. The summed E-state index contributed by atoms with van der Waals surface area (Å²) in [6.45, 7) is 3.64. The summed E-state index contributed by atoms with van der Waals surface area (Å²) in [6, 6.07) is 18.8. The second kappa shape index (κ2) is 14.9. The van der Waals surface area contributed by atoms with Crippen LogP contribution >= 0.6 is 0 Å². The molecule has 2 heterocycles. The van der Waals surface area contributed by atoms with Crippen LogP contribution in [0.5, 0.6) is 11.5 Å². The van der Waals surface area contributed by atoms with E-state index < -0.39 is 42.9 Å². The van der Waals surface area contributed by atoms with Gasteiger partial charge in [-0.05, 0) is 86.6 Å². The van der Waals surface area contributed by atoms with E-state index in [1.807, 2.05) is 31.2 Å². The Morgan fingerprint density at radius 3 is 2.38 bits per heavy atom. The molecule has 2 atom stereocenters. The Hall–Kier alpha value is -3.08. The summed E-state index contributed by atoms with van der Waals surface area (Å²) in [7, 11) is -7.45. The van der Waals surface area contributed by atoms with Gasteiger partial charge < -0.3 is 35.5 Å². The zero-order valence-electron chi connectivity index (χ0n) is 28.3. The maximum absolute atomic E-state index is 13.8. The SMILES string of the molecule is CCOc1ccc(S(=O)(=O)N2CCC3(CC2)CC(NCC(O)COc2cccc(S(=O)(=O)C4(CO)CC4)c2)CO3)cc1-c1ccc(CN)cc1. The third-order valence-corrected chi connectivity index (χ3v) is 14.5.